The van der Waals surface area contributed by atoms with Crippen LogP contribution in [0.1, 0.15) is 60.3 Å². The van der Waals surface area contributed by atoms with Gasteiger partial charge in [-0.3, -0.25) is 0 Å². The fourth-order valence-corrected chi connectivity index (χ4v) is 2.25. The zero-order valence-electron chi connectivity index (χ0n) is 12.8. The largest absolute Gasteiger partial charge is 0.314 e. The molecule has 1 N–H and O–H groups in total. The average Bonchev–Trinajstić information content (AvgIpc) is 2.35. The molecule has 0 saturated carbocycles. The predicted octanol–water partition coefficient (Wildman–Crippen LogP) is 3.52. The van der Waals surface area contributed by atoms with Gasteiger partial charge in [0.1, 0.15) is 0 Å². The van der Waals surface area contributed by atoms with Crippen molar-refractivity contribution >= 4 is 0 Å². The van der Waals surface area contributed by atoms with Gasteiger partial charge in [-0.25, -0.2) is 0 Å². The monoisotopic (exact) mass is 242 g/mol. The third-order valence-electron chi connectivity index (χ3n) is 3.73. The quantitative estimate of drug-likeness (QED) is 0.596. The lowest BCUT2D eigenvalue weighted by molar-refractivity contribution is 0.237. The van der Waals surface area contributed by atoms with Crippen LogP contribution in [0.2, 0.25) is 0 Å². The summed E-state index contributed by atoms with van der Waals surface area (Å²) in [5, 5.41) is 3.56. The molecule has 17 heavy (non-hydrogen) atoms. The maximum atomic E-state index is 3.56. The minimum atomic E-state index is 0.724. The van der Waals surface area contributed by atoms with Gasteiger partial charge in [-0.1, -0.05) is 41.0 Å². The fourth-order valence-electron chi connectivity index (χ4n) is 2.25. The van der Waals surface area contributed by atoms with Gasteiger partial charge in [0.25, 0.3) is 0 Å². The lowest BCUT2D eigenvalue weighted by atomic mass is 10.1. The van der Waals surface area contributed by atoms with E-state index in [1.165, 1.54) is 45.3 Å². The highest BCUT2D eigenvalue weighted by atomic mass is 15.1. The Bertz CT molecular complexity index is 159. The second-order valence-corrected chi connectivity index (χ2v) is 5.21. The second kappa shape index (κ2) is 11.0. The topological polar surface area (TPSA) is 15.3 Å². The van der Waals surface area contributed by atoms with Gasteiger partial charge in [-0.05, 0) is 44.8 Å². The van der Waals surface area contributed by atoms with E-state index < -0.39 is 0 Å². The molecule has 0 fully saturated rings. The van der Waals surface area contributed by atoms with E-state index >= 15 is 0 Å². The Morgan fingerprint density at radius 3 is 2.24 bits per heavy atom. The molecule has 0 aromatic rings. The Balaban J connectivity index is 3.74. The number of rotatable bonds is 11. The molecule has 2 heteroatoms. The summed E-state index contributed by atoms with van der Waals surface area (Å²) in [6, 6.07) is 0.724. The smallest absolute Gasteiger partial charge is 0.00647 e. The van der Waals surface area contributed by atoms with E-state index in [1.54, 1.807) is 0 Å². The number of nitrogens with one attached hydrogen (secondary N) is 1. The van der Waals surface area contributed by atoms with Crippen molar-refractivity contribution in [1.29, 1.82) is 0 Å². The van der Waals surface area contributed by atoms with E-state index in [-0.39, 0.29) is 0 Å². The summed E-state index contributed by atoms with van der Waals surface area (Å²) < 4.78 is 0. The minimum absolute atomic E-state index is 0.724. The molecule has 2 nitrogen and oxygen atoms in total. The van der Waals surface area contributed by atoms with Crippen LogP contribution in [0.5, 0.6) is 0 Å². The fraction of sp³-hybridized carbons (Fsp3) is 1.00. The van der Waals surface area contributed by atoms with Gasteiger partial charge in [-0.15, -0.1) is 0 Å². The molecule has 0 heterocycles. The van der Waals surface area contributed by atoms with E-state index in [9.17, 15) is 0 Å². The zero-order valence-corrected chi connectivity index (χ0v) is 12.8. The molecular weight excluding hydrogens is 208 g/mol. The van der Waals surface area contributed by atoms with Crippen molar-refractivity contribution in [3.63, 3.8) is 0 Å². The van der Waals surface area contributed by atoms with Gasteiger partial charge in [0.05, 0.1) is 0 Å². The van der Waals surface area contributed by atoms with Crippen molar-refractivity contribution in [2.24, 2.45) is 5.92 Å². The summed E-state index contributed by atoms with van der Waals surface area (Å²) >= 11 is 0. The van der Waals surface area contributed by atoms with Crippen LogP contribution in [0.3, 0.4) is 0 Å². The number of hydrogen-bond acceptors (Lipinski definition) is 2. The standard InChI is InChI=1S/C15H34N2/c1-6-14(5)13-17(9-4)12-10-11-15(7-2)16-8-3/h14-16H,6-13H2,1-5H3. The highest BCUT2D eigenvalue weighted by molar-refractivity contribution is 4.66. The van der Waals surface area contributed by atoms with Gasteiger partial charge in [0.15, 0.2) is 0 Å². The third kappa shape index (κ3) is 8.62. The molecule has 0 aliphatic rings. The first kappa shape index (κ1) is 16.9. The average molecular weight is 242 g/mol. The third-order valence-corrected chi connectivity index (χ3v) is 3.73. The van der Waals surface area contributed by atoms with E-state index in [4.69, 9.17) is 0 Å². The van der Waals surface area contributed by atoms with Crippen LogP contribution < -0.4 is 5.32 Å². The van der Waals surface area contributed by atoms with Crippen molar-refractivity contribution in [1.82, 2.24) is 10.2 Å². The van der Waals surface area contributed by atoms with Gasteiger partial charge in [0, 0.05) is 12.6 Å². The van der Waals surface area contributed by atoms with Gasteiger partial charge in [0.2, 0.25) is 0 Å². The minimum Gasteiger partial charge on any atom is -0.314 e. The van der Waals surface area contributed by atoms with Gasteiger partial charge >= 0.3 is 0 Å². The van der Waals surface area contributed by atoms with Crippen LogP contribution in [-0.2, 0) is 0 Å². The van der Waals surface area contributed by atoms with E-state index in [1.807, 2.05) is 0 Å². The predicted molar refractivity (Wildman–Crippen MR) is 78.6 cm³/mol. The lowest BCUT2D eigenvalue weighted by Crippen LogP contribution is -2.32. The molecule has 0 rings (SSSR count). The first-order valence-electron chi connectivity index (χ1n) is 7.63. The normalized spacial score (nSPS) is 15.2. The van der Waals surface area contributed by atoms with Crippen molar-refractivity contribution in [3.05, 3.63) is 0 Å². The molecule has 0 aliphatic carbocycles. The van der Waals surface area contributed by atoms with E-state index in [2.05, 4.69) is 44.8 Å². The summed E-state index contributed by atoms with van der Waals surface area (Å²) in [6.45, 7) is 16.2. The van der Waals surface area contributed by atoms with Crippen molar-refractivity contribution in [2.75, 3.05) is 26.2 Å². The second-order valence-electron chi connectivity index (χ2n) is 5.21. The van der Waals surface area contributed by atoms with Crippen molar-refractivity contribution in [2.45, 2.75) is 66.3 Å². The molecule has 0 amide bonds. The van der Waals surface area contributed by atoms with Gasteiger partial charge < -0.3 is 10.2 Å². The SMILES string of the molecule is CCNC(CC)CCCN(CC)CC(C)CC. The molecule has 104 valence electrons. The Labute approximate surface area is 109 Å². The van der Waals surface area contributed by atoms with Crippen LogP contribution in [-0.4, -0.2) is 37.1 Å². The highest BCUT2D eigenvalue weighted by Crippen LogP contribution is 2.07. The molecule has 0 aromatic carbocycles. The highest BCUT2D eigenvalue weighted by Gasteiger charge is 2.09. The first-order chi connectivity index (χ1) is 8.17. The van der Waals surface area contributed by atoms with E-state index in [0.29, 0.717) is 0 Å². The molecule has 0 radical (unpaired) electrons. The van der Waals surface area contributed by atoms with Crippen LogP contribution in [0, 0.1) is 5.92 Å². The van der Waals surface area contributed by atoms with Crippen LogP contribution >= 0.6 is 0 Å². The molecular formula is C15H34N2. The van der Waals surface area contributed by atoms with Crippen LogP contribution in [0.15, 0.2) is 0 Å². The summed E-state index contributed by atoms with van der Waals surface area (Å²) in [7, 11) is 0. The maximum Gasteiger partial charge on any atom is 0.00647 e. The summed E-state index contributed by atoms with van der Waals surface area (Å²) in [5.74, 6) is 0.839. The molecule has 0 aromatic heterocycles. The number of hydrogen-bond donors (Lipinski definition) is 1. The Kier molecular flexibility index (Phi) is 11.0. The number of nitrogens with zero attached hydrogens (tertiary/aromatic N) is 1. The molecule has 0 spiro atoms. The Hall–Kier alpha value is -0.0800. The maximum absolute atomic E-state index is 3.56. The van der Waals surface area contributed by atoms with Crippen LogP contribution in [0.25, 0.3) is 0 Å². The Morgan fingerprint density at radius 1 is 1.06 bits per heavy atom. The van der Waals surface area contributed by atoms with E-state index in [0.717, 1.165) is 18.5 Å². The molecule has 0 aliphatic heterocycles. The summed E-state index contributed by atoms with van der Waals surface area (Å²) in [5.41, 5.74) is 0. The Morgan fingerprint density at radius 2 is 1.76 bits per heavy atom. The van der Waals surface area contributed by atoms with Gasteiger partial charge in [-0.2, -0.15) is 0 Å². The van der Waals surface area contributed by atoms with Crippen LogP contribution in [0.4, 0.5) is 0 Å². The molecule has 2 unspecified atom stereocenters. The molecule has 0 saturated heterocycles. The van der Waals surface area contributed by atoms with Crippen molar-refractivity contribution in [3.8, 4) is 0 Å². The first-order valence-corrected chi connectivity index (χ1v) is 7.63. The molecule has 0 bridgehead atoms. The zero-order chi connectivity index (χ0) is 13.1. The van der Waals surface area contributed by atoms with Crippen molar-refractivity contribution < 1.29 is 0 Å². The summed E-state index contributed by atoms with van der Waals surface area (Å²) in [4.78, 5) is 2.60. The summed E-state index contributed by atoms with van der Waals surface area (Å²) in [6.07, 6.45) is 5.20. The molecule has 2 atom stereocenters. The lowest BCUT2D eigenvalue weighted by Gasteiger charge is -2.24.